The van der Waals surface area contributed by atoms with Gasteiger partial charge in [0.2, 0.25) is 0 Å². The molecule has 0 aliphatic heterocycles. The molecule has 0 amide bonds. The molecule has 0 unspecified atom stereocenters. The molecule has 82 valence electrons. The van der Waals surface area contributed by atoms with E-state index in [0.717, 1.165) is 11.1 Å². The van der Waals surface area contributed by atoms with Crippen molar-refractivity contribution in [3.05, 3.63) is 71.7 Å². The number of allylic oxidation sites excluding steroid dienone is 3. The van der Waals surface area contributed by atoms with Gasteiger partial charge in [-0.25, -0.2) is 0 Å². The molecule has 0 saturated heterocycles. The summed E-state index contributed by atoms with van der Waals surface area (Å²) in [6.07, 6.45) is 5.69. The van der Waals surface area contributed by atoms with E-state index >= 15 is 0 Å². The highest BCUT2D eigenvalue weighted by Crippen LogP contribution is 2.08. The van der Waals surface area contributed by atoms with Crippen LogP contribution in [0.1, 0.15) is 12.5 Å². The van der Waals surface area contributed by atoms with E-state index in [9.17, 15) is 0 Å². The molecule has 0 N–H and O–H groups in total. The fraction of sp³-hybridized carbons (Fsp3) is 0.125. The fourth-order valence-corrected chi connectivity index (χ4v) is 1.68. The predicted octanol–water partition coefficient (Wildman–Crippen LogP) is 2.87. The third kappa shape index (κ3) is 2.40. The summed E-state index contributed by atoms with van der Waals surface area (Å²) in [5, 5.41) is 2.37. The smallest absolute Gasteiger partial charge is 0.0107 e. The molecule has 0 fully saturated rings. The van der Waals surface area contributed by atoms with Gasteiger partial charge in [0.25, 0.3) is 0 Å². The van der Waals surface area contributed by atoms with Gasteiger partial charge >= 0.3 is 0 Å². The molecule has 0 spiro atoms. The van der Waals surface area contributed by atoms with E-state index in [2.05, 4.69) is 50.9 Å². The molecule has 1 aromatic carbocycles. The van der Waals surface area contributed by atoms with Gasteiger partial charge in [-0.15, -0.1) is 0 Å². The van der Waals surface area contributed by atoms with Crippen LogP contribution in [-0.2, 0) is 0 Å². The first kappa shape index (κ1) is 12.3. The van der Waals surface area contributed by atoms with E-state index in [4.69, 9.17) is 0 Å². The molecule has 1 aromatic rings. The summed E-state index contributed by atoms with van der Waals surface area (Å²) in [7, 11) is 0. The summed E-state index contributed by atoms with van der Waals surface area (Å²) in [6.45, 7) is 15.7. The second-order valence-corrected chi connectivity index (χ2v) is 3.73. The minimum atomic E-state index is 0.906. The summed E-state index contributed by atoms with van der Waals surface area (Å²) >= 11 is 0. The molecule has 0 aromatic heterocycles. The van der Waals surface area contributed by atoms with Crippen LogP contribution in [0.25, 0.3) is 11.6 Å². The third-order valence-corrected chi connectivity index (χ3v) is 2.61. The first-order chi connectivity index (χ1) is 7.63. The van der Waals surface area contributed by atoms with Crippen LogP contribution in [0.5, 0.6) is 0 Å². The van der Waals surface area contributed by atoms with E-state index in [1.807, 2.05) is 13.0 Å². The summed E-state index contributed by atoms with van der Waals surface area (Å²) in [6, 6.07) is 6.38. The Balaban J connectivity index is 3.80. The Hall–Kier alpha value is -1.82. The van der Waals surface area contributed by atoms with Gasteiger partial charge in [-0.3, -0.25) is 0 Å². The monoisotopic (exact) mass is 210 g/mol. The highest BCUT2D eigenvalue weighted by Gasteiger charge is 1.97. The molecule has 0 aliphatic carbocycles. The largest absolute Gasteiger partial charge is 0.0985 e. The van der Waals surface area contributed by atoms with Crippen LogP contribution in [-0.4, -0.2) is 0 Å². The average Bonchev–Trinajstić information content (AvgIpc) is 2.30. The van der Waals surface area contributed by atoms with Crippen LogP contribution in [0.4, 0.5) is 0 Å². The molecule has 0 radical (unpaired) electrons. The van der Waals surface area contributed by atoms with Crippen LogP contribution in [0, 0.1) is 6.92 Å². The van der Waals surface area contributed by atoms with Crippen molar-refractivity contribution in [2.24, 2.45) is 0 Å². The average molecular weight is 210 g/mol. The lowest BCUT2D eigenvalue weighted by molar-refractivity contribution is 1.38. The molecular formula is C16H18. The number of rotatable bonds is 3. The van der Waals surface area contributed by atoms with Crippen LogP contribution in [0.15, 0.2) is 55.7 Å². The van der Waals surface area contributed by atoms with Crippen molar-refractivity contribution in [3.63, 3.8) is 0 Å². The SMILES string of the molecule is C=CC(=C)/C(C=C)=c1/cc(C)cc/c1=C/C. The van der Waals surface area contributed by atoms with Crippen molar-refractivity contribution >= 4 is 11.6 Å². The minimum absolute atomic E-state index is 0.906. The Bertz CT molecular complexity index is 542. The maximum absolute atomic E-state index is 3.99. The second-order valence-electron chi connectivity index (χ2n) is 3.73. The summed E-state index contributed by atoms with van der Waals surface area (Å²) in [5.74, 6) is 0. The Morgan fingerprint density at radius 2 is 1.88 bits per heavy atom. The highest BCUT2D eigenvalue weighted by atomic mass is 14.0. The normalized spacial score (nSPS) is 13.2. The zero-order valence-electron chi connectivity index (χ0n) is 10.1. The lowest BCUT2D eigenvalue weighted by Gasteiger charge is -2.03. The topological polar surface area (TPSA) is 0 Å². The van der Waals surface area contributed by atoms with Crippen LogP contribution in [0.3, 0.4) is 0 Å². The molecule has 0 heterocycles. The molecule has 0 bridgehead atoms. The number of hydrogen-bond donors (Lipinski definition) is 0. The highest BCUT2D eigenvalue weighted by molar-refractivity contribution is 5.74. The molecule has 0 nitrogen and oxygen atoms in total. The van der Waals surface area contributed by atoms with Gasteiger partial charge < -0.3 is 0 Å². The maximum atomic E-state index is 3.99. The second kappa shape index (κ2) is 5.32. The maximum Gasteiger partial charge on any atom is -0.0107 e. The molecule has 0 atom stereocenters. The van der Waals surface area contributed by atoms with Crippen LogP contribution >= 0.6 is 0 Å². The Morgan fingerprint density at radius 1 is 1.19 bits per heavy atom. The third-order valence-electron chi connectivity index (χ3n) is 2.61. The Morgan fingerprint density at radius 3 is 2.38 bits per heavy atom. The van der Waals surface area contributed by atoms with Crippen molar-refractivity contribution in [1.29, 1.82) is 0 Å². The van der Waals surface area contributed by atoms with Crippen molar-refractivity contribution in [2.45, 2.75) is 13.8 Å². The van der Waals surface area contributed by atoms with Crippen molar-refractivity contribution in [1.82, 2.24) is 0 Å². The van der Waals surface area contributed by atoms with E-state index in [1.54, 1.807) is 6.08 Å². The lowest BCUT2D eigenvalue weighted by atomic mass is 10.0. The van der Waals surface area contributed by atoms with Gasteiger partial charge in [-0.05, 0) is 35.4 Å². The van der Waals surface area contributed by atoms with Crippen molar-refractivity contribution in [2.75, 3.05) is 0 Å². The van der Waals surface area contributed by atoms with E-state index < -0.39 is 0 Å². The van der Waals surface area contributed by atoms with E-state index in [-0.39, 0.29) is 0 Å². The summed E-state index contributed by atoms with van der Waals surface area (Å²) in [4.78, 5) is 0. The molecule has 1 rings (SSSR count). The van der Waals surface area contributed by atoms with Crippen LogP contribution in [0.2, 0.25) is 0 Å². The van der Waals surface area contributed by atoms with Crippen molar-refractivity contribution < 1.29 is 0 Å². The predicted molar refractivity (Wildman–Crippen MR) is 73.5 cm³/mol. The zero-order chi connectivity index (χ0) is 12.1. The van der Waals surface area contributed by atoms with Gasteiger partial charge in [0.05, 0.1) is 0 Å². The van der Waals surface area contributed by atoms with Gasteiger partial charge in [0.15, 0.2) is 0 Å². The first-order valence-electron chi connectivity index (χ1n) is 5.35. The summed E-state index contributed by atoms with van der Waals surface area (Å²) < 4.78 is 0. The van der Waals surface area contributed by atoms with E-state index in [0.29, 0.717) is 0 Å². The van der Waals surface area contributed by atoms with Gasteiger partial charge in [0, 0.05) is 0 Å². The number of aryl methyl sites for hydroxylation is 1. The molecule has 16 heavy (non-hydrogen) atoms. The number of benzene rings is 1. The molecule has 0 aliphatic rings. The summed E-state index contributed by atoms with van der Waals surface area (Å²) in [5.41, 5.74) is 3.19. The van der Waals surface area contributed by atoms with Crippen LogP contribution < -0.4 is 10.4 Å². The standard InChI is InChI=1S/C16H18/c1-6-13(5)15(8-3)16-11-12(4)9-10-14(16)7-2/h6-11H,1,3,5H2,2,4H3/b14-7-,16-15-. The van der Waals surface area contributed by atoms with Gasteiger partial charge in [0.1, 0.15) is 0 Å². The fourth-order valence-electron chi connectivity index (χ4n) is 1.68. The number of hydrogen-bond acceptors (Lipinski definition) is 0. The Kier molecular flexibility index (Phi) is 4.07. The molecule has 0 heteroatoms. The molecular weight excluding hydrogens is 192 g/mol. The van der Waals surface area contributed by atoms with Crippen molar-refractivity contribution in [3.8, 4) is 0 Å². The van der Waals surface area contributed by atoms with Gasteiger partial charge in [-0.2, -0.15) is 0 Å². The zero-order valence-corrected chi connectivity index (χ0v) is 10.1. The quantitative estimate of drug-likeness (QED) is 0.673. The minimum Gasteiger partial charge on any atom is -0.0985 e. The molecule has 0 saturated carbocycles. The van der Waals surface area contributed by atoms with E-state index in [1.165, 1.54) is 16.0 Å². The van der Waals surface area contributed by atoms with Gasteiger partial charge in [-0.1, -0.05) is 61.7 Å². The lowest BCUT2D eigenvalue weighted by Crippen LogP contribution is -2.26. The first-order valence-corrected chi connectivity index (χ1v) is 5.35. The Labute approximate surface area is 97.6 Å².